The molecule has 1 N–H and O–H groups in total. The Hall–Kier alpha value is -0.540. The molecule has 2 heterocycles. The predicted molar refractivity (Wildman–Crippen MR) is 53.9 cm³/mol. The summed E-state index contributed by atoms with van der Waals surface area (Å²) < 4.78 is 0. The summed E-state index contributed by atoms with van der Waals surface area (Å²) in [5, 5.41) is 6.80. The molecule has 0 unspecified atom stereocenters. The first-order valence-corrected chi connectivity index (χ1v) is 5.19. The molecule has 1 aromatic heterocycles. The standard InChI is InChI=1S/C9H14N2S/c1-11(7-8-5-10-6-8)9-3-2-4-12-9/h2-4,8,10H,5-7H2,1H3. The van der Waals surface area contributed by atoms with E-state index in [1.165, 1.54) is 24.6 Å². The molecule has 0 radical (unpaired) electrons. The van der Waals surface area contributed by atoms with Crippen LogP contribution in [-0.4, -0.2) is 26.7 Å². The molecule has 0 spiro atoms. The van der Waals surface area contributed by atoms with E-state index in [9.17, 15) is 0 Å². The normalized spacial score (nSPS) is 17.4. The molecule has 2 nitrogen and oxygen atoms in total. The zero-order valence-electron chi connectivity index (χ0n) is 7.29. The van der Waals surface area contributed by atoms with Gasteiger partial charge in [0, 0.05) is 32.6 Å². The molecule has 1 aliphatic heterocycles. The maximum Gasteiger partial charge on any atom is 0.0905 e. The van der Waals surface area contributed by atoms with Gasteiger partial charge in [-0.05, 0) is 17.5 Å². The number of nitrogens with zero attached hydrogens (tertiary/aromatic N) is 1. The van der Waals surface area contributed by atoms with Gasteiger partial charge in [0.05, 0.1) is 5.00 Å². The van der Waals surface area contributed by atoms with Gasteiger partial charge >= 0.3 is 0 Å². The minimum Gasteiger partial charge on any atom is -0.366 e. The van der Waals surface area contributed by atoms with E-state index in [0.29, 0.717) is 0 Å². The van der Waals surface area contributed by atoms with E-state index >= 15 is 0 Å². The van der Waals surface area contributed by atoms with Crippen molar-refractivity contribution in [3.63, 3.8) is 0 Å². The van der Waals surface area contributed by atoms with Crippen molar-refractivity contribution in [2.24, 2.45) is 5.92 Å². The van der Waals surface area contributed by atoms with Crippen LogP contribution in [0.1, 0.15) is 0 Å². The van der Waals surface area contributed by atoms with Crippen molar-refractivity contribution in [3.05, 3.63) is 17.5 Å². The number of rotatable bonds is 3. The van der Waals surface area contributed by atoms with Crippen molar-refractivity contribution in [1.29, 1.82) is 0 Å². The molecule has 0 saturated carbocycles. The van der Waals surface area contributed by atoms with E-state index < -0.39 is 0 Å². The average Bonchev–Trinajstić information content (AvgIpc) is 2.47. The van der Waals surface area contributed by atoms with Crippen LogP contribution >= 0.6 is 11.3 Å². The van der Waals surface area contributed by atoms with E-state index in [-0.39, 0.29) is 0 Å². The molecule has 0 atom stereocenters. The maximum absolute atomic E-state index is 3.29. The highest BCUT2D eigenvalue weighted by Gasteiger charge is 2.18. The van der Waals surface area contributed by atoms with Crippen molar-refractivity contribution >= 4 is 16.3 Å². The summed E-state index contributed by atoms with van der Waals surface area (Å²) in [6.45, 7) is 3.57. The van der Waals surface area contributed by atoms with E-state index in [1.807, 2.05) is 11.3 Å². The Morgan fingerprint density at radius 1 is 1.67 bits per heavy atom. The number of anilines is 1. The summed E-state index contributed by atoms with van der Waals surface area (Å²) in [6, 6.07) is 4.28. The topological polar surface area (TPSA) is 15.3 Å². The van der Waals surface area contributed by atoms with Crippen LogP contribution in [0.2, 0.25) is 0 Å². The van der Waals surface area contributed by atoms with Gasteiger partial charge in [0.15, 0.2) is 0 Å². The first-order chi connectivity index (χ1) is 5.86. The lowest BCUT2D eigenvalue weighted by Gasteiger charge is -2.31. The largest absolute Gasteiger partial charge is 0.366 e. The smallest absolute Gasteiger partial charge is 0.0905 e. The van der Waals surface area contributed by atoms with Crippen LogP contribution in [0.25, 0.3) is 0 Å². The number of thiophene rings is 1. The lowest BCUT2D eigenvalue weighted by molar-refractivity contribution is 0.353. The third kappa shape index (κ3) is 1.62. The quantitative estimate of drug-likeness (QED) is 0.760. The molecule has 1 aromatic rings. The van der Waals surface area contributed by atoms with Gasteiger partial charge in [-0.3, -0.25) is 0 Å². The molecule has 0 aromatic carbocycles. The van der Waals surface area contributed by atoms with E-state index in [4.69, 9.17) is 0 Å². The zero-order valence-corrected chi connectivity index (χ0v) is 8.10. The van der Waals surface area contributed by atoms with E-state index in [2.05, 4.69) is 34.8 Å². The van der Waals surface area contributed by atoms with Crippen molar-refractivity contribution in [3.8, 4) is 0 Å². The number of hydrogen-bond acceptors (Lipinski definition) is 3. The summed E-state index contributed by atoms with van der Waals surface area (Å²) in [7, 11) is 2.17. The Balaban J connectivity index is 1.87. The highest BCUT2D eigenvalue weighted by molar-refractivity contribution is 7.14. The fourth-order valence-electron chi connectivity index (χ4n) is 1.44. The summed E-state index contributed by atoms with van der Waals surface area (Å²) in [5.74, 6) is 0.858. The zero-order chi connectivity index (χ0) is 8.39. The molecule has 2 rings (SSSR count). The van der Waals surface area contributed by atoms with Crippen LogP contribution in [0, 0.1) is 5.92 Å². The summed E-state index contributed by atoms with van der Waals surface area (Å²) in [4.78, 5) is 2.34. The maximum atomic E-state index is 3.29. The second-order valence-electron chi connectivity index (χ2n) is 3.36. The van der Waals surface area contributed by atoms with Crippen LogP contribution in [0.4, 0.5) is 5.00 Å². The van der Waals surface area contributed by atoms with Crippen molar-refractivity contribution in [1.82, 2.24) is 5.32 Å². The molecule has 12 heavy (non-hydrogen) atoms. The highest BCUT2D eigenvalue weighted by Crippen LogP contribution is 2.21. The molecular weight excluding hydrogens is 168 g/mol. The van der Waals surface area contributed by atoms with Gasteiger partial charge in [0.1, 0.15) is 0 Å². The van der Waals surface area contributed by atoms with E-state index in [1.54, 1.807) is 0 Å². The molecular formula is C9H14N2S. The minimum atomic E-state index is 0.858. The van der Waals surface area contributed by atoms with Gasteiger partial charge in [-0.1, -0.05) is 0 Å². The van der Waals surface area contributed by atoms with E-state index in [0.717, 1.165) is 5.92 Å². The highest BCUT2D eigenvalue weighted by atomic mass is 32.1. The van der Waals surface area contributed by atoms with Gasteiger partial charge < -0.3 is 10.2 Å². The predicted octanol–water partition coefficient (Wildman–Crippen LogP) is 1.40. The van der Waals surface area contributed by atoms with Crippen molar-refractivity contribution in [2.45, 2.75) is 0 Å². The molecule has 1 saturated heterocycles. The lowest BCUT2D eigenvalue weighted by atomic mass is 10.0. The second kappa shape index (κ2) is 3.46. The molecule has 66 valence electrons. The first kappa shape index (κ1) is 8.08. The Morgan fingerprint density at radius 3 is 3.00 bits per heavy atom. The average molecular weight is 182 g/mol. The molecule has 0 aliphatic carbocycles. The fourth-order valence-corrected chi connectivity index (χ4v) is 2.15. The number of hydrogen-bond donors (Lipinski definition) is 1. The van der Waals surface area contributed by atoms with Crippen LogP contribution in [0.15, 0.2) is 17.5 Å². The minimum absolute atomic E-state index is 0.858. The van der Waals surface area contributed by atoms with Gasteiger partial charge in [-0.15, -0.1) is 11.3 Å². The molecule has 0 bridgehead atoms. The van der Waals surface area contributed by atoms with Gasteiger partial charge in [0.25, 0.3) is 0 Å². The van der Waals surface area contributed by atoms with Gasteiger partial charge in [-0.25, -0.2) is 0 Å². The van der Waals surface area contributed by atoms with Crippen LogP contribution in [-0.2, 0) is 0 Å². The van der Waals surface area contributed by atoms with Crippen LogP contribution in [0.3, 0.4) is 0 Å². The van der Waals surface area contributed by atoms with Crippen LogP contribution in [0.5, 0.6) is 0 Å². The Morgan fingerprint density at radius 2 is 2.50 bits per heavy atom. The van der Waals surface area contributed by atoms with Crippen molar-refractivity contribution in [2.75, 3.05) is 31.6 Å². The fraction of sp³-hybridized carbons (Fsp3) is 0.556. The first-order valence-electron chi connectivity index (χ1n) is 4.31. The molecule has 0 amide bonds. The molecule has 1 aliphatic rings. The Labute approximate surface area is 77.2 Å². The Kier molecular flexibility index (Phi) is 2.33. The monoisotopic (exact) mass is 182 g/mol. The Bertz CT molecular complexity index is 229. The van der Waals surface area contributed by atoms with Crippen molar-refractivity contribution < 1.29 is 0 Å². The lowest BCUT2D eigenvalue weighted by Crippen LogP contribution is -2.47. The number of nitrogens with one attached hydrogen (secondary N) is 1. The third-order valence-corrected chi connectivity index (χ3v) is 3.26. The summed E-state index contributed by atoms with van der Waals surface area (Å²) >= 11 is 1.81. The van der Waals surface area contributed by atoms with Gasteiger partial charge in [0.2, 0.25) is 0 Å². The summed E-state index contributed by atoms with van der Waals surface area (Å²) in [5.41, 5.74) is 0. The third-order valence-electron chi connectivity index (χ3n) is 2.28. The van der Waals surface area contributed by atoms with Gasteiger partial charge in [-0.2, -0.15) is 0 Å². The molecule has 3 heteroatoms. The SMILES string of the molecule is CN(CC1CNC1)c1cccs1. The summed E-state index contributed by atoms with van der Waals surface area (Å²) in [6.07, 6.45) is 0. The van der Waals surface area contributed by atoms with Crippen LogP contribution < -0.4 is 10.2 Å². The second-order valence-corrected chi connectivity index (χ2v) is 4.28. The molecule has 1 fully saturated rings.